The Morgan fingerprint density at radius 1 is 1.10 bits per heavy atom. The molecular formula is C16H10BrFN2O. The highest BCUT2D eigenvalue weighted by Gasteiger charge is 2.10. The van der Waals surface area contributed by atoms with Crippen molar-refractivity contribution >= 4 is 38.4 Å². The van der Waals surface area contributed by atoms with Gasteiger partial charge in [-0.2, -0.15) is 0 Å². The number of carbonyl (C=O) groups is 1. The predicted molar refractivity (Wildman–Crippen MR) is 83.8 cm³/mol. The molecule has 0 unspecified atom stereocenters. The maximum absolute atomic E-state index is 12.9. The SMILES string of the molecule is O=C(Nc1ccc(Br)c2cccnc12)c1ccc(F)cc1. The van der Waals surface area contributed by atoms with Gasteiger partial charge in [-0.1, -0.05) is 22.0 Å². The van der Waals surface area contributed by atoms with Crippen molar-refractivity contribution in [2.45, 2.75) is 0 Å². The Morgan fingerprint density at radius 2 is 1.86 bits per heavy atom. The summed E-state index contributed by atoms with van der Waals surface area (Å²) in [5.41, 5.74) is 1.70. The molecule has 5 heteroatoms. The molecule has 0 fully saturated rings. The third-order valence-electron chi connectivity index (χ3n) is 3.07. The van der Waals surface area contributed by atoms with Crippen LogP contribution in [0.25, 0.3) is 10.9 Å². The zero-order valence-electron chi connectivity index (χ0n) is 10.8. The zero-order valence-corrected chi connectivity index (χ0v) is 12.4. The molecule has 0 aliphatic carbocycles. The van der Waals surface area contributed by atoms with Crippen molar-refractivity contribution in [2.24, 2.45) is 0 Å². The van der Waals surface area contributed by atoms with Crippen LogP contribution in [0.4, 0.5) is 10.1 Å². The third-order valence-corrected chi connectivity index (χ3v) is 3.76. The molecule has 0 spiro atoms. The Bertz CT molecular complexity index is 818. The summed E-state index contributed by atoms with van der Waals surface area (Å²) < 4.78 is 13.8. The number of hydrogen-bond donors (Lipinski definition) is 1. The molecule has 3 nitrogen and oxygen atoms in total. The number of benzene rings is 2. The van der Waals surface area contributed by atoms with Gasteiger partial charge >= 0.3 is 0 Å². The lowest BCUT2D eigenvalue weighted by atomic mass is 10.1. The minimum atomic E-state index is -0.373. The van der Waals surface area contributed by atoms with Gasteiger partial charge in [0.05, 0.1) is 11.2 Å². The van der Waals surface area contributed by atoms with E-state index in [0.29, 0.717) is 16.8 Å². The third kappa shape index (κ3) is 2.78. The topological polar surface area (TPSA) is 42.0 Å². The van der Waals surface area contributed by atoms with Crippen LogP contribution in [0.3, 0.4) is 0 Å². The average molecular weight is 345 g/mol. The maximum atomic E-state index is 12.9. The van der Waals surface area contributed by atoms with Gasteiger partial charge in [-0.25, -0.2) is 4.39 Å². The van der Waals surface area contributed by atoms with Crippen molar-refractivity contribution in [2.75, 3.05) is 5.32 Å². The summed E-state index contributed by atoms with van der Waals surface area (Å²) in [6.45, 7) is 0. The molecule has 0 atom stereocenters. The minimum absolute atomic E-state index is 0.302. The van der Waals surface area contributed by atoms with Gasteiger partial charge in [-0.15, -0.1) is 0 Å². The van der Waals surface area contributed by atoms with Crippen molar-refractivity contribution in [3.8, 4) is 0 Å². The Hall–Kier alpha value is -2.27. The summed E-state index contributed by atoms with van der Waals surface area (Å²) in [4.78, 5) is 16.5. The van der Waals surface area contributed by atoms with Crippen LogP contribution < -0.4 is 5.32 Å². The first-order valence-electron chi connectivity index (χ1n) is 6.25. The summed E-state index contributed by atoms with van der Waals surface area (Å²) in [6, 6.07) is 12.8. The van der Waals surface area contributed by atoms with Crippen LogP contribution in [0.15, 0.2) is 59.2 Å². The summed E-state index contributed by atoms with van der Waals surface area (Å²) in [5, 5.41) is 3.71. The Balaban J connectivity index is 1.97. The smallest absolute Gasteiger partial charge is 0.255 e. The van der Waals surface area contributed by atoms with Gasteiger partial charge in [-0.05, 0) is 42.5 Å². The lowest BCUT2D eigenvalue weighted by Gasteiger charge is -2.09. The van der Waals surface area contributed by atoms with E-state index in [-0.39, 0.29) is 11.7 Å². The van der Waals surface area contributed by atoms with E-state index in [1.807, 2.05) is 18.2 Å². The molecule has 3 rings (SSSR count). The molecule has 0 saturated carbocycles. The molecule has 3 aromatic rings. The number of hydrogen-bond acceptors (Lipinski definition) is 2. The number of halogens is 2. The fraction of sp³-hybridized carbons (Fsp3) is 0. The van der Waals surface area contributed by atoms with Gasteiger partial charge in [-0.3, -0.25) is 9.78 Å². The number of rotatable bonds is 2. The van der Waals surface area contributed by atoms with E-state index in [2.05, 4.69) is 26.2 Å². The van der Waals surface area contributed by atoms with Gasteiger partial charge in [0.2, 0.25) is 0 Å². The maximum Gasteiger partial charge on any atom is 0.255 e. The Labute approximate surface area is 128 Å². The van der Waals surface area contributed by atoms with E-state index in [0.717, 1.165) is 9.86 Å². The van der Waals surface area contributed by atoms with Crippen LogP contribution in [0.5, 0.6) is 0 Å². The van der Waals surface area contributed by atoms with E-state index in [4.69, 9.17) is 0 Å². The quantitative estimate of drug-likeness (QED) is 0.749. The van der Waals surface area contributed by atoms with Crippen molar-refractivity contribution in [3.05, 3.63) is 70.6 Å². The summed E-state index contributed by atoms with van der Waals surface area (Å²) in [6.07, 6.45) is 1.67. The van der Waals surface area contributed by atoms with Gasteiger partial charge in [0.25, 0.3) is 5.91 Å². The lowest BCUT2D eigenvalue weighted by molar-refractivity contribution is 0.102. The number of anilines is 1. The second-order valence-electron chi connectivity index (χ2n) is 4.46. The molecule has 0 aliphatic rings. The van der Waals surface area contributed by atoms with E-state index in [1.54, 1.807) is 12.3 Å². The van der Waals surface area contributed by atoms with Gasteiger partial charge in [0.15, 0.2) is 0 Å². The summed E-state index contributed by atoms with van der Waals surface area (Å²) in [7, 11) is 0. The van der Waals surface area contributed by atoms with Crippen LogP contribution in [0.1, 0.15) is 10.4 Å². The van der Waals surface area contributed by atoms with Crippen molar-refractivity contribution < 1.29 is 9.18 Å². The molecule has 0 aliphatic heterocycles. The number of fused-ring (bicyclic) bond motifs is 1. The minimum Gasteiger partial charge on any atom is -0.320 e. The second kappa shape index (κ2) is 5.61. The molecule has 104 valence electrons. The Kier molecular flexibility index (Phi) is 3.66. The highest BCUT2D eigenvalue weighted by molar-refractivity contribution is 9.10. The van der Waals surface area contributed by atoms with E-state index in [9.17, 15) is 9.18 Å². The normalized spacial score (nSPS) is 10.6. The molecule has 0 bridgehead atoms. The van der Waals surface area contributed by atoms with Crippen LogP contribution >= 0.6 is 15.9 Å². The first-order valence-corrected chi connectivity index (χ1v) is 7.04. The predicted octanol–water partition coefficient (Wildman–Crippen LogP) is 4.39. The standard InChI is InChI=1S/C16H10BrFN2O/c17-13-7-8-14(15-12(13)2-1-9-19-15)20-16(21)10-3-5-11(18)6-4-10/h1-9H,(H,20,21). The highest BCUT2D eigenvalue weighted by atomic mass is 79.9. The molecular weight excluding hydrogens is 335 g/mol. The molecule has 21 heavy (non-hydrogen) atoms. The molecule has 0 radical (unpaired) electrons. The van der Waals surface area contributed by atoms with Gasteiger partial charge < -0.3 is 5.32 Å². The van der Waals surface area contributed by atoms with E-state index in [1.165, 1.54) is 24.3 Å². The van der Waals surface area contributed by atoms with Crippen molar-refractivity contribution in [3.63, 3.8) is 0 Å². The molecule has 1 N–H and O–H groups in total. The molecule has 1 heterocycles. The molecule has 0 saturated heterocycles. The van der Waals surface area contributed by atoms with Crippen LogP contribution in [0.2, 0.25) is 0 Å². The van der Waals surface area contributed by atoms with Crippen molar-refractivity contribution in [1.29, 1.82) is 0 Å². The monoisotopic (exact) mass is 344 g/mol. The molecule has 1 aromatic heterocycles. The lowest BCUT2D eigenvalue weighted by Crippen LogP contribution is -2.12. The van der Waals surface area contributed by atoms with E-state index >= 15 is 0 Å². The van der Waals surface area contributed by atoms with Crippen LogP contribution in [-0.2, 0) is 0 Å². The first kappa shape index (κ1) is 13.7. The number of carbonyl (C=O) groups excluding carboxylic acids is 1. The zero-order chi connectivity index (χ0) is 14.8. The number of aromatic nitrogens is 1. The second-order valence-corrected chi connectivity index (χ2v) is 5.31. The fourth-order valence-corrected chi connectivity index (χ4v) is 2.49. The number of amides is 1. The average Bonchev–Trinajstić information content (AvgIpc) is 2.51. The molecule has 2 aromatic carbocycles. The Morgan fingerprint density at radius 3 is 2.62 bits per heavy atom. The first-order chi connectivity index (χ1) is 10.1. The number of pyridine rings is 1. The number of nitrogens with one attached hydrogen (secondary N) is 1. The summed E-state index contributed by atoms with van der Waals surface area (Å²) >= 11 is 3.46. The van der Waals surface area contributed by atoms with Crippen LogP contribution in [-0.4, -0.2) is 10.9 Å². The fourth-order valence-electron chi connectivity index (χ4n) is 2.03. The van der Waals surface area contributed by atoms with Gasteiger partial charge in [0, 0.05) is 21.6 Å². The van der Waals surface area contributed by atoms with E-state index < -0.39 is 0 Å². The molecule has 1 amide bonds. The number of nitrogens with zero attached hydrogens (tertiary/aromatic N) is 1. The van der Waals surface area contributed by atoms with Crippen molar-refractivity contribution in [1.82, 2.24) is 4.98 Å². The van der Waals surface area contributed by atoms with Crippen LogP contribution in [0, 0.1) is 5.82 Å². The summed E-state index contributed by atoms with van der Waals surface area (Å²) in [5.74, 6) is -0.674. The highest BCUT2D eigenvalue weighted by Crippen LogP contribution is 2.28. The van der Waals surface area contributed by atoms with Gasteiger partial charge in [0.1, 0.15) is 5.82 Å². The largest absolute Gasteiger partial charge is 0.320 e.